The number of rotatable bonds is 3. The molecule has 2 nitrogen and oxygen atoms in total. The van der Waals surface area contributed by atoms with Crippen LogP contribution in [-0.4, -0.2) is 7.11 Å². The van der Waals surface area contributed by atoms with Gasteiger partial charge in [-0.05, 0) is 58.5 Å². The van der Waals surface area contributed by atoms with E-state index < -0.39 is 0 Å². The largest absolute Gasteiger partial charge is 0.497 e. The topological polar surface area (TPSA) is 21.3 Å². The number of benzene rings is 2. The van der Waals surface area contributed by atoms with Crippen LogP contribution in [0.1, 0.15) is 30.0 Å². The summed E-state index contributed by atoms with van der Waals surface area (Å²) in [4.78, 5) is 0. The van der Waals surface area contributed by atoms with Gasteiger partial charge in [0.05, 0.1) is 18.8 Å². The number of hydrogen-bond acceptors (Lipinski definition) is 2. The second kappa shape index (κ2) is 5.88. The Labute approximate surface area is 128 Å². The van der Waals surface area contributed by atoms with Crippen molar-refractivity contribution in [2.45, 2.75) is 25.3 Å². The molecular weight excluding hydrogens is 314 g/mol. The number of methoxy groups -OCH3 is 1. The van der Waals surface area contributed by atoms with E-state index in [0.29, 0.717) is 6.04 Å². The number of halogens is 1. The molecule has 0 aliphatic heterocycles. The molecule has 0 radical (unpaired) electrons. The first-order valence-electron chi connectivity index (χ1n) is 6.96. The smallest absolute Gasteiger partial charge is 0.121 e. The number of ether oxygens (including phenoxy) is 1. The minimum absolute atomic E-state index is 0.378. The third-order valence-electron chi connectivity index (χ3n) is 3.87. The van der Waals surface area contributed by atoms with E-state index in [9.17, 15) is 0 Å². The van der Waals surface area contributed by atoms with Crippen LogP contribution in [0.4, 0.5) is 5.69 Å². The van der Waals surface area contributed by atoms with Gasteiger partial charge in [-0.3, -0.25) is 0 Å². The second-order valence-electron chi connectivity index (χ2n) is 5.13. The first kappa shape index (κ1) is 13.5. The van der Waals surface area contributed by atoms with Crippen molar-refractivity contribution < 1.29 is 4.74 Å². The Hall–Kier alpha value is -1.48. The summed E-state index contributed by atoms with van der Waals surface area (Å²) in [6, 6.07) is 15.1. The van der Waals surface area contributed by atoms with Crippen LogP contribution in [-0.2, 0) is 6.42 Å². The summed E-state index contributed by atoms with van der Waals surface area (Å²) in [7, 11) is 1.70. The zero-order valence-electron chi connectivity index (χ0n) is 11.5. The molecule has 0 aromatic heterocycles. The lowest BCUT2D eigenvalue weighted by Crippen LogP contribution is -2.17. The fourth-order valence-corrected chi connectivity index (χ4v) is 3.19. The molecular formula is C17H18BrNO. The fraction of sp³-hybridized carbons (Fsp3) is 0.294. The lowest BCUT2D eigenvalue weighted by Gasteiger charge is -2.27. The number of fused-ring (bicyclic) bond motifs is 1. The van der Waals surface area contributed by atoms with Crippen LogP contribution in [0.5, 0.6) is 5.75 Å². The maximum atomic E-state index is 5.31. The molecule has 1 N–H and O–H groups in total. The van der Waals surface area contributed by atoms with E-state index in [0.717, 1.165) is 15.9 Å². The Bertz CT molecular complexity index is 612. The first-order chi connectivity index (χ1) is 9.78. The van der Waals surface area contributed by atoms with Gasteiger partial charge < -0.3 is 10.1 Å². The van der Waals surface area contributed by atoms with Crippen LogP contribution in [0.3, 0.4) is 0 Å². The van der Waals surface area contributed by atoms with Crippen molar-refractivity contribution in [3.05, 3.63) is 58.1 Å². The van der Waals surface area contributed by atoms with Crippen molar-refractivity contribution in [2.24, 2.45) is 0 Å². The highest BCUT2D eigenvalue weighted by Crippen LogP contribution is 2.35. The lowest BCUT2D eigenvalue weighted by atomic mass is 9.87. The number of hydrogen-bond donors (Lipinski definition) is 1. The molecule has 0 amide bonds. The first-order valence-corrected chi connectivity index (χ1v) is 7.75. The Morgan fingerprint density at radius 3 is 2.90 bits per heavy atom. The van der Waals surface area contributed by atoms with E-state index in [2.05, 4.69) is 45.5 Å². The van der Waals surface area contributed by atoms with Gasteiger partial charge >= 0.3 is 0 Å². The van der Waals surface area contributed by atoms with Crippen LogP contribution in [0.25, 0.3) is 0 Å². The molecule has 1 unspecified atom stereocenters. The predicted molar refractivity (Wildman–Crippen MR) is 86.4 cm³/mol. The Morgan fingerprint density at radius 1 is 1.20 bits per heavy atom. The van der Waals surface area contributed by atoms with Crippen LogP contribution in [0, 0.1) is 0 Å². The number of anilines is 1. The van der Waals surface area contributed by atoms with E-state index in [-0.39, 0.29) is 0 Å². The van der Waals surface area contributed by atoms with Crippen molar-refractivity contribution in [3.63, 3.8) is 0 Å². The average Bonchev–Trinajstić information content (AvgIpc) is 2.50. The number of nitrogens with one attached hydrogen (secondary N) is 1. The van der Waals surface area contributed by atoms with Crippen molar-refractivity contribution in [1.82, 2.24) is 0 Å². The SMILES string of the molecule is COc1ccc(Br)c(NC2CCCc3ccccc32)c1. The second-order valence-corrected chi connectivity index (χ2v) is 5.99. The van der Waals surface area contributed by atoms with Gasteiger partial charge in [0, 0.05) is 10.5 Å². The molecule has 1 atom stereocenters. The highest BCUT2D eigenvalue weighted by atomic mass is 79.9. The van der Waals surface area contributed by atoms with Gasteiger partial charge in [-0.25, -0.2) is 0 Å². The predicted octanol–water partition coefficient (Wildman–Crippen LogP) is 4.95. The highest BCUT2D eigenvalue weighted by Gasteiger charge is 2.20. The minimum Gasteiger partial charge on any atom is -0.497 e. The van der Waals surface area contributed by atoms with Crippen LogP contribution < -0.4 is 10.1 Å². The van der Waals surface area contributed by atoms with Gasteiger partial charge in [-0.1, -0.05) is 24.3 Å². The Kier molecular flexibility index (Phi) is 3.97. The summed E-state index contributed by atoms with van der Waals surface area (Å²) < 4.78 is 6.38. The van der Waals surface area contributed by atoms with Crippen molar-refractivity contribution in [1.29, 1.82) is 0 Å². The van der Waals surface area contributed by atoms with Crippen LogP contribution in [0.15, 0.2) is 46.9 Å². The molecule has 3 heteroatoms. The van der Waals surface area contributed by atoms with E-state index in [4.69, 9.17) is 4.74 Å². The molecule has 2 aromatic carbocycles. The monoisotopic (exact) mass is 331 g/mol. The van der Waals surface area contributed by atoms with Crippen molar-refractivity contribution in [2.75, 3.05) is 12.4 Å². The van der Waals surface area contributed by atoms with Gasteiger partial charge in [0.2, 0.25) is 0 Å². The molecule has 0 fully saturated rings. The van der Waals surface area contributed by atoms with Gasteiger partial charge in [-0.15, -0.1) is 0 Å². The van der Waals surface area contributed by atoms with Gasteiger partial charge in [0.15, 0.2) is 0 Å². The average molecular weight is 332 g/mol. The summed E-state index contributed by atoms with van der Waals surface area (Å²) >= 11 is 3.61. The molecule has 0 spiro atoms. The van der Waals surface area contributed by atoms with Crippen LogP contribution in [0.2, 0.25) is 0 Å². The third-order valence-corrected chi connectivity index (χ3v) is 4.56. The number of aryl methyl sites for hydroxylation is 1. The third kappa shape index (κ3) is 2.68. The minimum atomic E-state index is 0.378. The van der Waals surface area contributed by atoms with E-state index in [1.165, 1.54) is 30.4 Å². The van der Waals surface area contributed by atoms with Crippen LogP contribution >= 0.6 is 15.9 Å². The molecule has 0 heterocycles. The summed E-state index contributed by atoms with van der Waals surface area (Å²) in [5.74, 6) is 0.875. The maximum absolute atomic E-state index is 5.31. The Balaban J connectivity index is 1.89. The molecule has 3 rings (SSSR count). The summed E-state index contributed by atoms with van der Waals surface area (Å²) in [5, 5.41) is 3.65. The van der Waals surface area contributed by atoms with Gasteiger partial charge in [0.25, 0.3) is 0 Å². The standard InChI is InChI=1S/C17H18BrNO/c1-20-13-9-10-15(18)17(11-13)19-16-8-4-6-12-5-2-3-7-14(12)16/h2-3,5,7,9-11,16,19H,4,6,8H2,1H3. The molecule has 20 heavy (non-hydrogen) atoms. The molecule has 0 bridgehead atoms. The molecule has 0 saturated heterocycles. The van der Waals surface area contributed by atoms with Gasteiger partial charge in [0.1, 0.15) is 5.75 Å². The maximum Gasteiger partial charge on any atom is 0.121 e. The summed E-state index contributed by atoms with van der Waals surface area (Å²) in [5.41, 5.74) is 3.98. The van der Waals surface area contributed by atoms with Crippen molar-refractivity contribution >= 4 is 21.6 Å². The van der Waals surface area contributed by atoms with E-state index >= 15 is 0 Å². The summed E-state index contributed by atoms with van der Waals surface area (Å²) in [6.07, 6.45) is 3.59. The molecule has 2 aromatic rings. The van der Waals surface area contributed by atoms with Gasteiger partial charge in [-0.2, -0.15) is 0 Å². The summed E-state index contributed by atoms with van der Waals surface area (Å²) in [6.45, 7) is 0. The fourth-order valence-electron chi connectivity index (χ4n) is 2.83. The quantitative estimate of drug-likeness (QED) is 0.859. The molecule has 1 aliphatic rings. The zero-order chi connectivity index (χ0) is 13.9. The van der Waals surface area contributed by atoms with E-state index in [1.807, 2.05) is 18.2 Å². The normalized spacial score (nSPS) is 17.4. The molecule has 0 saturated carbocycles. The lowest BCUT2D eigenvalue weighted by molar-refractivity contribution is 0.415. The van der Waals surface area contributed by atoms with E-state index in [1.54, 1.807) is 7.11 Å². The van der Waals surface area contributed by atoms with Crippen molar-refractivity contribution in [3.8, 4) is 5.75 Å². The molecule has 1 aliphatic carbocycles. The highest BCUT2D eigenvalue weighted by molar-refractivity contribution is 9.10. The Morgan fingerprint density at radius 2 is 2.05 bits per heavy atom. The zero-order valence-corrected chi connectivity index (χ0v) is 13.1. The molecule has 104 valence electrons.